The quantitative estimate of drug-likeness (QED) is 0.735. The molecule has 1 fully saturated rings. The van der Waals surface area contributed by atoms with Crippen LogP contribution in [0, 0.1) is 6.92 Å². The van der Waals surface area contributed by atoms with Crippen molar-refractivity contribution in [2.45, 2.75) is 31.2 Å². The minimum atomic E-state index is -2.57. The van der Waals surface area contributed by atoms with Crippen LogP contribution in [0.25, 0.3) is 0 Å². The highest BCUT2D eigenvalue weighted by Gasteiger charge is 2.55. The van der Waals surface area contributed by atoms with Gasteiger partial charge in [0.2, 0.25) is 0 Å². The van der Waals surface area contributed by atoms with E-state index in [-0.39, 0.29) is 12.8 Å². The van der Waals surface area contributed by atoms with Crippen LogP contribution in [0.3, 0.4) is 0 Å². The zero-order chi connectivity index (χ0) is 10.4. The summed E-state index contributed by atoms with van der Waals surface area (Å²) in [7, 11) is 0. The van der Waals surface area contributed by atoms with Crippen molar-refractivity contribution >= 4 is 0 Å². The molecular weight excluding hydrogens is 184 g/mol. The van der Waals surface area contributed by atoms with E-state index in [0.29, 0.717) is 0 Å². The molecule has 2 N–H and O–H groups in total. The second-order valence-corrected chi connectivity index (χ2v) is 4.23. The minimum Gasteiger partial charge on any atom is -0.321 e. The number of benzene rings is 1. The van der Waals surface area contributed by atoms with E-state index in [9.17, 15) is 8.78 Å². The molecule has 3 heteroatoms. The van der Waals surface area contributed by atoms with Gasteiger partial charge in [0.25, 0.3) is 5.92 Å². The summed E-state index contributed by atoms with van der Waals surface area (Å²) in [5.74, 6) is -2.57. The van der Waals surface area contributed by atoms with E-state index in [1.807, 2.05) is 31.2 Å². The highest BCUT2D eigenvalue weighted by Crippen LogP contribution is 2.49. The molecule has 0 bridgehead atoms. The number of rotatable bonds is 1. The first-order valence-electron chi connectivity index (χ1n) is 4.65. The van der Waals surface area contributed by atoms with Crippen molar-refractivity contribution in [2.24, 2.45) is 5.73 Å². The number of aryl methyl sites for hydroxylation is 1. The van der Waals surface area contributed by atoms with Crippen LogP contribution in [-0.4, -0.2) is 5.92 Å². The lowest BCUT2D eigenvalue weighted by atomic mass is 9.70. The van der Waals surface area contributed by atoms with E-state index in [1.54, 1.807) is 0 Å². The molecule has 0 heterocycles. The lowest BCUT2D eigenvalue weighted by molar-refractivity contribution is -0.125. The summed E-state index contributed by atoms with van der Waals surface area (Å²) in [6.45, 7) is 1.96. The van der Waals surface area contributed by atoms with Gasteiger partial charge in [0.05, 0.1) is 5.54 Å². The summed E-state index contributed by atoms with van der Waals surface area (Å²) >= 11 is 0. The Hall–Kier alpha value is -0.960. The molecule has 14 heavy (non-hydrogen) atoms. The number of hydrogen-bond acceptors (Lipinski definition) is 1. The Kier molecular flexibility index (Phi) is 1.89. The molecule has 0 unspecified atom stereocenters. The van der Waals surface area contributed by atoms with Crippen molar-refractivity contribution in [1.82, 2.24) is 0 Å². The molecule has 2 rings (SSSR count). The van der Waals surface area contributed by atoms with E-state index >= 15 is 0 Å². The van der Waals surface area contributed by atoms with Crippen LogP contribution in [0.4, 0.5) is 8.78 Å². The van der Waals surface area contributed by atoms with Gasteiger partial charge in [-0.3, -0.25) is 0 Å². The van der Waals surface area contributed by atoms with Crippen LogP contribution >= 0.6 is 0 Å². The highest BCUT2D eigenvalue weighted by atomic mass is 19.3. The topological polar surface area (TPSA) is 26.0 Å². The highest BCUT2D eigenvalue weighted by molar-refractivity contribution is 5.31. The summed E-state index contributed by atoms with van der Waals surface area (Å²) in [6.07, 6.45) is -0.466. The molecule has 1 aliphatic rings. The fraction of sp³-hybridized carbons (Fsp3) is 0.455. The third-order valence-corrected chi connectivity index (χ3v) is 2.77. The van der Waals surface area contributed by atoms with E-state index in [0.717, 1.165) is 11.1 Å². The monoisotopic (exact) mass is 197 g/mol. The maximum absolute atomic E-state index is 12.7. The van der Waals surface area contributed by atoms with Gasteiger partial charge in [-0.05, 0) is 12.5 Å². The van der Waals surface area contributed by atoms with Crippen LogP contribution in [0.15, 0.2) is 24.3 Å². The predicted molar refractivity (Wildman–Crippen MR) is 51.2 cm³/mol. The van der Waals surface area contributed by atoms with Gasteiger partial charge in [-0.2, -0.15) is 0 Å². The lowest BCUT2D eigenvalue weighted by Crippen LogP contribution is -2.55. The summed E-state index contributed by atoms with van der Waals surface area (Å²) < 4.78 is 25.4. The fourth-order valence-corrected chi connectivity index (χ4v) is 1.96. The molecule has 0 aromatic heterocycles. The van der Waals surface area contributed by atoms with Crippen molar-refractivity contribution in [2.75, 3.05) is 0 Å². The molecule has 0 atom stereocenters. The first-order valence-corrected chi connectivity index (χ1v) is 4.65. The Morgan fingerprint density at radius 3 is 2.07 bits per heavy atom. The van der Waals surface area contributed by atoms with Crippen molar-refractivity contribution in [3.05, 3.63) is 35.4 Å². The van der Waals surface area contributed by atoms with Crippen molar-refractivity contribution in [1.29, 1.82) is 0 Å². The molecular formula is C11H13F2N. The summed E-state index contributed by atoms with van der Waals surface area (Å²) in [6, 6.07) is 7.48. The van der Waals surface area contributed by atoms with Crippen LogP contribution in [-0.2, 0) is 5.54 Å². The molecule has 1 nitrogen and oxygen atoms in total. The number of hydrogen-bond donors (Lipinski definition) is 1. The molecule has 76 valence electrons. The van der Waals surface area contributed by atoms with Gasteiger partial charge in [0, 0.05) is 12.8 Å². The van der Waals surface area contributed by atoms with Gasteiger partial charge in [0.15, 0.2) is 0 Å². The van der Waals surface area contributed by atoms with Crippen LogP contribution in [0.5, 0.6) is 0 Å². The molecule has 0 radical (unpaired) electrons. The van der Waals surface area contributed by atoms with Crippen molar-refractivity contribution in [3.63, 3.8) is 0 Å². The molecule has 0 spiro atoms. The molecule has 1 aliphatic carbocycles. The van der Waals surface area contributed by atoms with Gasteiger partial charge in [0.1, 0.15) is 0 Å². The van der Waals surface area contributed by atoms with E-state index in [4.69, 9.17) is 5.73 Å². The third-order valence-electron chi connectivity index (χ3n) is 2.77. The van der Waals surface area contributed by atoms with E-state index in [2.05, 4.69) is 0 Å². The molecule has 0 saturated heterocycles. The standard InChI is InChI=1S/C11H13F2N/c1-8-2-4-9(5-3-8)10(14)6-11(12,13)7-10/h2-5H,6-7,14H2,1H3. The zero-order valence-corrected chi connectivity index (χ0v) is 8.06. The maximum Gasteiger partial charge on any atom is 0.252 e. The summed E-state index contributed by atoms with van der Waals surface area (Å²) in [5, 5.41) is 0. The van der Waals surface area contributed by atoms with Gasteiger partial charge >= 0.3 is 0 Å². The average molecular weight is 197 g/mol. The number of halogens is 2. The van der Waals surface area contributed by atoms with Gasteiger partial charge in [-0.15, -0.1) is 0 Å². The first kappa shape index (κ1) is 9.59. The smallest absolute Gasteiger partial charge is 0.252 e. The van der Waals surface area contributed by atoms with Crippen LogP contribution in [0.2, 0.25) is 0 Å². The van der Waals surface area contributed by atoms with Gasteiger partial charge < -0.3 is 5.73 Å². The molecule has 1 aromatic carbocycles. The minimum absolute atomic E-state index is 0.233. The van der Waals surface area contributed by atoms with Crippen molar-refractivity contribution < 1.29 is 8.78 Å². The number of alkyl halides is 2. The Labute approximate surface area is 81.9 Å². The SMILES string of the molecule is Cc1ccc(C2(N)CC(F)(F)C2)cc1. The second-order valence-electron chi connectivity index (χ2n) is 4.23. The maximum atomic E-state index is 12.7. The van der Waals surface area contributed by atoms with Crippen LogP contribution < -0.4 is 5.73 Å². The Bertz CT molecular complexity index is 335. The van der Waals surface area contributed by atoms with Crippen LogP contribution in [0.1, 0.15) is 24.0 Å². The summed E-state index contributed by atoms with van der Waals surface area (Å²) in [4.78, 5) is 0. The molecule has 1 aromatic rings. The zero-order valence-electron chi connectivity index (χ0n) is 8.06. The number of nitrogens with two attached hydrogens (primary N) is 1. The van der Waals surface area contributed by atoms with E-state index in [1.165, 1.54) is 0 Å². The molecule has 1 saturated carbocycles. The van der Waals surface area contributed by atoms with Gasteiger partial charge in [-0.1, -0.05) is 29.8 Å². The predicted octanol–water partition coefficient (Wildman–Crippen LogP) is 2.58. The second kappa shape index (κ2) is 2.76. The third kappa shape index (κ3) is 1.52. The Morgan fingerprint density at radius 2 is 1.64 bits per heavy atom. The van der Waals surface area contributed by atoms with Gasteiger partial charge in [-0.25, -0.2) is 8.78 Å². The van der Waals surface area contributed by atoms with E-state index < -0.39 is 11.5 Å². The summed E-state index contributed by atoms with van der Waals surface area (Å²) in [5.41, 5.74) is 6.99. The normalized spacial score (nSPS) is 22.9. The Balaban J connectivity index is 2.21. The Morgan fingerprint density at radius 1 is 1.14 bits per heavy atom. The lowest BCUT2D eigenvalue weighted by Gasteiger charge is -2.44. The fourth-order valence-electron chi connectivity index (χ4n) is 1.96. The molecule has 0 aliphatic heterocycles. The average Bonchev–Trinajstić information content (AvgIpc) is 2.01. The largest absolute Gasteiger partial charge is 0.321 e. The molecule has 0 amide bonds. The first-order chi connectivity index (χ1) is 6.41. The van der Waals surface area contributed by atoms with Crippen molar-refractivity contribution in [3.8, 4) is 0 Å².